The Kier molecular flexibility index (Phi) is 6.57. The summed E-state index contributed by atoms with van der Waals surface area (Å²) in [7, 11) is 0. The zero-order valence-corrected chi connectivity index (χ0v) is 13.0. The van der Waals surface area contributed by atoms with Gasteiger partial charge in [-0.25, -0.2) is 0 Å². The molecule has 0 bridgehead atoms. The highest BCUT2D eigenvalue weighted by Gasteiger charge is 2.13. The molecule has 100 valence electrons. The van der Waals surface area contributed by atoms with Crippen LogP contribution in [0, 0.1) is 0 Å². The van der Waals surface area contributed by atoms with E-state index in [1.165, 1.54) is 6.07 Å². The standard InChI is InChI=1S/C13H18BrNO2S/c1-3-18-7-6-9(2)15-13(17)11-5-4-10(14)8-12(11)16/h4-5,8-9,16H,3,6-7H2,1-2H3,(H,15,17). The fraction of sp³-hybridized carbons (Fsp3) is 0.462. The van der Waals surface area contributed by atoms with Gasteiger partial charge in [0.2, 0.25) is 0 Å². The smallest absolute Gasteiger partial charge is 0.255 e. The Morgan fingerprint density at radius 3 is 2.89 bits per heavy atom. The summed E-state index contributed by atoms with van der Waals surface area (Å²) >= 11 is 5.10. The van der Waals surface area contributed by atoms with Crippen LogP contribution in [0.4, 0.5) is 0 Å². The highest BCUT2D eigenvalue weighted by atomic mass is 79.9. The fourth-order valence-electron chi connectivity index (χ4n) is 1.47. The summed E-state index contributed by atoms with van der Waals surface area (Å²) in [6, 6.07) is 4.99. The summed E-state index contributed by atoms with van der Waals surface area (Å²) in [6.45, 7) is 4.10. The van der Waals surface area contributed by atoms with E-state index in [4.69, 9.17) is 0 Å². The van der Waals surface area contributed by atoms with Crippen molar-refractivity contribution in [1.29, 1.82) is 0 Å². The Morgan fingerprint density at radius 2 is 2.28 bits per heavy atom. The lowest BCUT2D eigenvalue weighted by Gasteiger charge is -2.14. The molecule has 18 heavy (non-hydrogen) atoms. The molecule has 0 saturated carbocycles. The van der Waals surface area contributed by atoms with Crippen LogP contribution in [0.25, 0.3) is 0 Å². The Labute approximate surface area is 120 Å². The molecule has 2 N–H and O–H groups in total. The van der Waals surface area contributed by atoms with Crippen molar-refractivity contribution < 1.29 is 9.90 Å². The number of carbonyl (C=O) groups is 1. The molecule has 5 heteroatoms. The second-order valence-corrected chi connectivity index (χ2v) is 6.33. The molecule has 0 aliphatic rings. The SMILES string of the molecule is CCSCCC(C)NC(=O)c1ccc(Br)cc1O. The first kappa shape index (κ1) is 15.4. The number of phenols is 1. The molecule has 3 nitrogen and oxygen atoms in total. The van der Waals surface area contributed by atoms with Gasteiger partial charge in [-0.3, -0.25) is 4.79 Å². The predicted octanol–water partition coefficient (Wildman–Crippen LogP) is 3.42. The topological polar surface area (TPSA) is 49.3 Å². The minimum absolute atomic E-state index is 0.00277. The maximum Gasteiger partial charge on any atom is 0.255 e. The first-order chi connectivity index (χ1) is 8.54. The Hall–Kier alpha value is -0.680. The van der Waals surface area contributed by atoms with Crippen molar-refractivity contribution in [2.24, 2.45) is 0 Å². The van der Waals surface area contributed by atoms with Crippen LogP contribution in [-0.2, 0) is 0 Å². The van der Waals surface area contributed by atoms with Crippen LogP contribution in [0.3, 0.4) is 0 Å². The second-order valence-electron chi connectivity index (χ2n) is 4.02. The summed E-state index contributed by atoms with van der Waals surface area (Å²) in [6.07, 6.45) is 0.932. The molecule has 0 aliphatic carbocycles. The van der Waals surface area contributed by atoms with Gasteiger partial charge in [-0.05, 0) is 43.0 Å². The number of rotatable bonds is 6. The number of carbonyl (C=O) groups excluding carboxylic acids is 1. The molecule has 1 unspecified atom stereocenters. The summed E-state index contributed by atoms with van der Waals surface area (Å²) < 4.78 is 0.754. The van der Waals surface area contributed by atoms with E-state index in [0.717, 1.165) is 22.4 Å². The number of nitrogens with one attached hydrogen (secondary N) is 1. The summed E-state index contributed by atoms with van der Waals surface area (Å²) in [5.74, 6) is 1.89. The van der Waals surface area contributed by atoms with Crippen LogP contribution in [0.15, 0.2) is 22.7 Å². The van der Waals surface area contributed by atoms with Gasteiger partial charge < -0.3 is 10.4 Å². The molecule has 1 atom stereocenters. The average molecular weight is 332 g/mol. The van der Waals surface area contributed by atoms with E-state index < -0.39 is 0 Å². The Balaban J connectivity index is 2.54. The molecule has 1 aromatic carbocycles. The first-order valence-corrected chi connectivity index (χ1v) is 7.86. The highest BCUT2D eigenvalue weighted by molar-refractivity contribution is 9.10. The van der Waals surface area contributed by atoms with Crippen LogP contribution in [0.2, 0.25) is 0 Å². The van der Waals surface area contributed by atoms with Crippen molar-refractivity contribution in [3.8, 4) is 5.75 Å². The van der Waals surface area contributed by atoms with Gasteiger partial charge in [0.15, 0.2) is 0 Å². The van der Waals surface area contributed by atoms with E-state index in [1.807, 2.05) is 18.7 Å². The van der Waals surface area contributed by atoms with Gasteiger partial charge in [0.25, 0.3) is 5.91 Å². The normalized spacial score (nSPS) is 12.2. The largest absolute Gasteiger partial charge is 0.507 e. The van der Waals surface area contributed by atoms with Gasteiger partial charge in [-0.15, -0.1) is 0 Å². The van der Waals surface area contributed by atoms with Crippen LogP contribution in [0.1, 0.15) is 30.6 Å². The van der Waals surface area contributed by atoms with E-state index in [2.05, 4.69) is 28.2 Å². The van der Waals surface area contributed by atoms with Gasteiger partial charge in [0.1, 0.15) is 5.75 Å². The first-order valence-electron chi connectivity index (χ1n) is 5.91. The zero-order chi connectivity index (χ0) is 13.5. The molecular weight excluding hydrogens is 314 g/mol. The molecule has 0 fully saturated rings. The number of phenolic OH excluding ortho intramolecular Hbond substituents is 1. The quantitative estimate of drug-likeness (QED) is 0.785. The minimum atomic E-state index is -0.228. The minimum Gasteiger partial charge on any atom is -0.507 e. The molecule has 0 aromatic heterocycles. The molecule has 0 heterocycles. The molecular formula is C13H18BrNO2S. The molecule has 0 saturated heterocycles. The third-order valence-corrected chi connectivity index (χ3v) is 3.91. The highest BCUT2D eigenvalue weighted by Crippen LogP contribution is 2.22. The van der Waals surface area contributed by atoms with Crippen molar-refractivity contribution in [1.82, 2.24) is 5.32 Å². The number of hydrogen-bond donors (Lipinski definition) is 2. The van der Waals surface area contributed by atoms with Gasteiger partial charge in [0.05, 0.1) is 5.56 Å². The van der Waals surface area contributed by atoms with Crippen LogP contribution < -0.4 is 5.32 Å². The molecule has 1 amide bonds. The van der Waals surface area contributed by atoms with Gasteiger partial charge in [0, 0.05) is 10.5 Å². The Bertz CT molecular complexity index is 412. The lowest BCUT2D eigenvalue weighted by molar-refractivity contribution is 0.0937. The fourth-order valence-corrected chi connectivity index (χ4v) is 2.63. The average Bonchev–Trinajstić information content (AvgIpc) is 2.28. The van der Waals surface area contributed by atoms with E-state index in [0.29, 0.717) is 5.56 Å². The Morgan fingerprint density at radius 1 is 1.56 bits per heavy atom. The zero-order valence-electron chi connectivity index (χ0n) is 10.6. The van der Waals surface area contributed by atoms with Crippen molar-refractivity contribution in [3.05, 3.63) is 28.2 Å². The maximum atomic E-state index is 11.9. The van der Waals surface area contributed by atoms with Crippen molar-refractivity contribution in [2.75, 3.05) is 11.5 Å². The number of amides is 1. The predicted molar refractivity (Wildman–Crippen MR) is 80.4 cm³/mol. The van der Waals surface area contributed by atoms with Gasteiger partial charge in [-0.2, -0.15) is 11.8 Å². The van der Waals surface area contributed by atoms with E-state index in [-0.39, 0.29) is 17.7 Å². The molecule has 1 aromatic rings. The van der Waals surface area contributed by atoms with Crippen LogP contribution in [-0.4, -0.2) is 28.6 Å². The third kappa shape index (κ3) is 4.90. The molecule has 0 spiro atoms. The van der Waals surface area contributed by atoms with E-state index in [9.17, 15) is 9.90 Å². The lowest BCUT2D eigenvalue weighted by atomic mass is 10.1. The van der Waals surface area contributed by atoms with Crippen molar-refractivity contribution in [3.63, 3.8) is 0 Å². The summed E-state index contributed by atoms with van der Waals surface area (Å²) in [5.41, 5.74) is 0.313. The molecule has 0 radical (unpaired) electrons. The van der Waals surface area contributed by atoms with Crippen LogP contribution >= 0.6 is 27.7 Å². The monoisotopic (exact) mass is 331 g/mol. The number of aromatic hydroxyl groups is 1. The summed E-state index contributed by atoms with van der Waals surface area (Å²) in [5, 5.41) is 12.6. The third-order valence-electron chi connectivity index (χ3n) is 2.48. The number of hydrogen-bond acceptors (Lipinski definition) is 3. The van der Waals surface area contributed by atoms with Crippen LogP contribution in [0.5, 0.6) is 5.75 Å². The van der Waals surface area contributed by atoms with Gasteiger partial charge in [-0.1, -0.05) is 22.9 Å². The van der Waals surface area contributed by atoms with Crippen molar-refractivity contribution >= 4 is 33.6 Å². The van der Waals surface area contributed by atoms with E-state index >= 15 is 0 Å². The van der Waals surface area contributed by atoms with Gasteiger partial charge >= 0.3 is 0 Å². The van der Waals surface area contributed by atoms with Crippen molar-refractivity contribution in [2.45, 2.75) is 26.3 Å². The lowest BCUT2D eigenvalue weighted by Crippen LogP contribution is -2.33. The number of benzene rings is 1. The second kappa shape index (κ2) is 7.69. The van der Waals surface area contributed by atoms with E-state index in [1.54, 1.807) is 12.1 Å². The maximum absolute atomic E-state index is 11.9. The molecule has 0 aliphatic heterocycles. The summed E-state index contributed by atoms with van der Waals surface area (Å²) in [4.78, 5) is 11.9. The molecule has 1 rings (SSSR count). The number of halogens is 1. The number of thioether (sulfide) groups is 1.